The summed E-state index contributed by atoms with van der Waals surface area (Å²) in [6.45, 7) is 2.08. The number of hydrogen-bond donors (Lipinski definition) is 3. The molecule has 0 saturated carbocycles. The highest BCUT2D eigenvalue weighted by Gasteiger charge is 2.38. The summed E-state index contributed by atoms with van der Waals surface area (Å²) >= 11 is 0. The number of aliphatic carboxylic acids is 1. The quantitative estimate of drug-likeness (QED) is 0.581. The normalized spacial score (nSPS) is 16.8. The van der Waals surface area contributed by atoms with E-state index in [0.717, 1.165) is 49.6 Å². The Morgan fingerprint density at radius 3 is 2.24 bits per heavy atom. The Hall–Kier alpha value is -3.21. The number of para-hydroxylation sites is 1. The first-order valence-corrected chi connectivity index (χ1v) is 10.0. The van der Waals surface area contributed by atoms with Crippen LogP contribution in [0.25, 0.3) is 0 Å². The number of carbonyl (C=O) groups excluding carboxylic acids is 1. The Kier molecular flexibility index (Phi) is 9.15. The molecule has 1 fully saturated rings. The molecule has 1 aliphatic heterocycles. The van der Waals surface area contributed by atoms with Gasteiger partial charge in [0.1, 0.15) is 17.4 Å². The van der Waals surface area contributed by atoms with Gasteiger partial charge < -0.3 is 15.5 Å². The number of amides is 1. The lowest BCUT2D eigenvalue weighted by Gasteiger charge is -2.25. The van der Waals surface area contributed by atoms with Gasteiger partial charge in [0.25, 0.3) is 5.91 Å². The standard InChI is InChI=1S/C20H22F2N2O2.C2HF3O2/c21-16-9-15(10-17(22)11-16)20(26)23-18-6-3-4-8-24(13-18)12-14-5-1-2-7-19(14)25;3-2(4,5)1(6)7/h1-2,5,7,9-11,18,25H,3-4,6,8,12-13H2,(H,23,26);(H,6,7). The Bertz CT molecular complexity index is 948. The van der Waals surface area contributed by atoms with Gasteiger partial charge >= 0.3 is 12.1 Å². The molecule has 1 atom stereocenters. The van der Waals surface area contributed by atoms with Gasteiger partial charge in [-0.3, -0.25) is 9.69 Å². The van der Waals surface area contributed by atoms with E-state index in [-0.39, 0.29) is 17.4 Å². The van der Waals surface area contributed by atoms with E-state index in [2.05, 4.69) is 10.2 Å². The summed E-state index contributed by atoms with van der Waals surface area (Å²) in [5, 5.41) is 20.0. The van der Waals surface area contributed by atoms with Crippen LogP contribution in [0.5, 0.6) is 5.75 Å². The van der Waals surface area contributed by atoms with Gasteiger partial charge in [0.15, 0.2) is 0 Å². The number of carbonyl (C=O) groups is 2. The first-order valence-electron chi connectivity index (χ1n) is 10.0. The predicted molar refractivity (Wildman–Crippen MR) is 109 cm³/mol. The molecule has 2 aromatic carbocycles. The number of phenolic OH excluding ortho intramolecular Hbond substituents is 1. The minimum Gasteiger partial charge on any atom is -0.508 e. The van der Waals surface area contributed by atoms with Gasteiger partial charge in [0, 0.05) is 36.3 Å². The van der Waals surface area contributed by atoms with Crippen molar-refractivity contribution in [2.45, 2.75) is 38.0 Å². The topological polar surface area (TPSA) is 89.9 Å². The summed E-state index contributed by atoms with van der Waals surface area (Å²) in [6.07, 6.45) is -2.32. The number of benzene rings is 2. The SMILES string of the molecule is O=C(NC1CCCCN(Cc2ccccc2O)C1)c1cc(F)cc(F)c1.O=C(O)C(F)(F)F. The van der Waals surface area contributed by atoms with Crippen LogP contribution in [-0.4, -0.2) is 52.3 Å². The average Bonchev–Trinajstić information content (AvgIpc) is 2.93. The third kappa shape index (κ3) is 8.68. The first-order chi connectivity index (χ1) is 15.5. The molecule has 11 heteroatoms. The second kappa shape index (κ2) is 11.6. The van der Waals surface area contributed by atoms with Crippen molar-refractivity contribution >= 4 is 11.9 Å². The van der Waals surface area contributed by atoms with E-state index < -0.39 is 29.7 Å². The maximum absolute atomic E-state index is 13.3. The number of hydrogen-bond acceptors (Lipinski definition) is 4. The molecule has 6 nitrogen and oxygen atoms in total. The van der Waals surface area contributed by atoms with Crippen molar-refractivity contribution < 1.29 is 41.8 Å². The van der Waals surface area contributed by atoms with Crippen LogP contribution in [0.2, 0.25) is 0 Å². The van der Waals surface area contributed by atoms with Gasteiger partial charge in [-0.2, -0.15) is 13.2 Å². The third-order valence-electron chi connectivity index (χ3n) is 4.84. The number of nitrogens with one attached hydrogen (secondary N) is 1. The lowest BCUT2D eigenvalue weighted by Crippen LogP contribution is -2.42. The zero-order valence-corrected chi connectivity index (χ0v) is 17.4. The molecular formula is C22H23F5N2O4. The number of likely N-dealkylation sites (tertiary alicyclic amines) is 1. The minimum absolute atomic E-state index is 0.0148. The average molecular weight is 474 g/mol. The van der Waals surface area contributed by atoms with Crippen molar-refractivity contribution in [2.75, 3.05) is 13.1 Å². The van der Waals surface area contributed by atoms with E-state index in [0.29, 0.717) is 13.1 Å². The van der Waals surface area contributed by atoms with Crippen molar-refractivity contribution in [3.8, 4) is 5.75 Å². The van der Waals surface area contributed by atoms with Crippen molar-refractivity contribution in [3.05, 3.63) is 65.2 Å². The Labute approximate surface area is 186 Å². The summed E-state index contributed by atoms with van der Waals surface area (Å²) in [7, 11) is 0. The van der Waals surface area contributed by atoms with Crippen molar-refractivity contribution in [3.63, 3.8) is 0 Å². The fraction of sp³-hybridized carbons (Fsp3) is 0.364. The predicted octanol–water partition coefficient (Wildman–Crippen LogP) is 4.09. The number of alkyl halides is 3. The van der Waals surface area contributed by atoms with Gasteiger partial charge in [-0.05, 0) is 37.6 Å². The smallest absolute Gasteiger partial charge is 0.490 e. The third-order valence-corrected chi connectivity index (χ3v) is 4.84. The van der Waals surface area contributed by atoms with Crippen molar-refractivity contribution in [2.24, 2.45) is 0 Å². The molecule has 0 spiro atoms. The van der Waals surface area contributed by atoms with Crippen molar-refractivity contribution in [1.29, 1.82) is 0 Å². The maximum atomic E-state index is 13.3. The van der Waals surface area contributed by atoms with Gasteiger partial charge in [0.05, 0.1) is 0 Å². The lowest BCUT2D eigenvalue weighted by atomic mass is 10.1. The number of halogens is 5. The molecule has 33 heavy (non-hydrogen) atoms. The van der Waals surface area contributed by atoms with Crippen molar-refractivity contribution in [1.82, 2.24) is 10.2 Å². The molecule has 1 amide bonds. The van der Waals surface area contributed by atoms with Crippen LogP contribution < -0.4 is 5.32 Å². The molecule has 3 N–H and O–H groups in total. The highest BCUT2D eigenvalue weighted by atomic mass is 19.4. The number of carboxylic acids is 1. The van der Waals surface area contributed by atoms with Gasteiger partial charge in [-0.15, -0.1) is 0 Å². The summed E-state index contributed by atoms with van der Waals surface area (Å²) in [5.74, 6) is -4.51. The van der Waals surface area contributed by atoms with Crippen LogP contribution in [0.4, 0.5) is 22.0 Å². The molecule has 1 unspecified atom stereocenters. The molecule has 1 aliphatic rings. The van der Waals surface area contributed by atoms with Gasteiger partial charge in [-0.1, -0.05) is 24.6 Å². The maximum Gasteiger partial charge on any atom is 0.490 e. The zero-order valence-electron chi connectivity index (χ0n) is 17.4. The minimum atomic E-state index is -5.08. The van der Waals surface area contributed by atoms with Gasteiger partial charge in [-0.25, -0.2) is 13.6 Å². The Balaban J connectivity index is 0.000000479. The van der Waals surface area contributed by atoms with Gasteiger partial charge in [0.2, 0.25) is 0 Å². The van der Waals surface area contributed by atoms with E-state index in [1.807, 2.05) is 12.1 Å². The van der Waals surface area contributed by atoms with E-state index >= 15 is 0 Å². The number of rotatable bonds is 4. The number of aromatic hydroxyl groups is 1. The molecule has 1 heterocycles. The number of phenols is 1. The van der Waals surface area contributed by atoms with Crippen LogP contribution in [0.1, 0.15) is 35.2 Å². The number of carboxylic acid groups (broad SMARTS) is 1. The second-order valence-corrected chi connectivity index (χ2v) is 7.49. The molecule has 180 valence electrons. The van der Waals surface area contributed by atoms with E-state index in [1.54, 1.807) is 12.1 Å². The lowest BCUT2D eigenvalue weighted by molar-refractivity contribution is -0.192. The van der Waals surface area contributed by atoms with Crippen LogP contribution >= 0.6 is 0 Å². The fourth-order valence-corrected chi connectivity index (χ4v) is 3.32. The second-order valence-electron chi connectivity index (χ2n) is 7.49. The molecule has 0 bridgehead atoms. The summed E-state index contributed by atoms with van der Waals surface area (Å²) in [5.41, 5.74) is 0.825. The Morgan fingerprint density at radius 1 is 1.06 bits per heavy atom. The van der Waals surface area contributed by atoms with E-state index in [1.165, 1.54) is 0 Å². The Morgan fingerprint density at radius 2 is 1.67 bits per heavy atom. The van der Waals surface area contributed by atoms with Crippen LogP contribution in [0.15, 0.2) is 42.5 Å². The molecule has 1 saturated heterocycles. The molecule has 2 aromatic rings. The summed E-state index contributed by atoms with van der Waals surface area (Å²) < 4.78 is 58.4. The molecular weight excluding hydrogens is 451 g/mol. The zero-order chi connectivity index (χ0) is 24.6. The summed E-state index contributed by atoms with van der Waals surface area (Å²) in [4.78, 5) is 23.4. The van der Waals surface area contributed by atoms with E-state index in [4.69, 9.17) is 9.90 Å². The first kappa shape index (κ1) is 26.0. The van der Waals surface area contributed by atoms with Crippen LogP contribution in [-0.2, 0) is 11.3 Å². The largest absolute Gasteiger partial charge is 0.508 e. The monoisotopic (exact) mass is 474 g/mol. The molecule has 0 aliphatic carbocycles. The van der Waals surface area contributed by atoms with Crippen LogP contribution in [0, 0.1) is 11.6 Å². The summed E-state index contributed by atoms with van der Waals surface area (Å²) in [6, 6.07) is 9.91. The molecule has 3 rings (SSSR count). The van der Waals surface area contributed by atoms with E-state index in [9.17, 15) is 31.9 Å². The molecule has 0 aromatic heterocycles. The fourth-order valence-electron chi connectivity index (χ4n) is 3.32. The number of nitrogens with zero attached hydrogens (tertiary/aromatic N) is 1. The highest BCUT2D eigenvalue weighted by Crippen LogP contribution is 2.20. The molecule has 0 radical (unpaired) electrons. The highest BCUT2D eigenvalue weighted by molar-refractivity contribution is 5.94. The van der Waals surface area contributed by atoms with Crippen LogP contribution in [0.3, 0.4) is 0 Å².